The molecule has 0 aliphatic carbocycles. The Hall–Kier alpha value is -3.82. The minimum Gasteiger partial charge on any atom is -0.481 e. The van der Waals surface area contributed by atoms with E-state index in [0.717, 1.165) is 0 Å². The zero-order chi connectivity index (χ0) is 32.7. The summed E-state index contributed by atoms with van der Waals surface area (Å²) in [5.41, 5.74) is -0.194. The van der Waals surface area contributed by atoms with Crippen LogP contribution in [0.5, 0.6) is 0 Å². The number of fused-ring (bicyclic) bond motifs is 1. The molecule has 0 radical (unpaired) electrons. The Balaban J connectivity index is 1.54. The fraction of sp³-hybridized carbons (Fsp3) is 0.500. The number of hydrazine groups is 1. The molecular weight excluding hydrogens is 613 g/mol. The van der Waals surface area contributed by atoms with Crippen LogP contribution in [0.3, 0.4) is 0 Å². The van der Waals surface area contributed by atoms with Gasteiger partial charge >= 0.3 is 11.9 Å². The second-order valence-electron chi connectivity index (χ2n) is 11.9. The number of nitrogens with zero attached hydrogens (tertiary/aromatic N) is 5. The molecule has 0 saturated carbocycles. The number of halogens is 3. The van der Waals surface area contributed by atoms with Crippen LogP contribution in [0.2, 0.25) is 0 Å². The number of thiazole rings is 1. The minimum absolute atomic E-state index is 0.0357. The molecule has 3 aliphatic rings. The number of carbonyl (C=O) groups is 3. The van der Waals surface area contributed by atoms with Crippen molar-refractivity contribution < 1.29 is 37.4 Å². The third-order valence-electron chi connectivity index (χ3n) is 8.59. The van der Waals surface area contributed by atoms with Gasteiger partial charge in [-0.25, -0.2) is 28.0 Å². The second-order valence-corrected chi connectivity index (χ2v) is 12.8. The van der Waals surface area contributed by atoms with E-state index in [1.54, 1.807) is 31.5 Å². The molecule has 2 aromatic rings. The lowest BCUT2D eigenvalue weighted by atomic mass is 9.89. The maximum atomic E-state index is 15.8. The van der Waals surface area contributed by atoms with Gasteiger partial charge in [-0.1, -0.05) is 12.1 Å². The summed E-state index contributed by atoms with van der Waals surface area (Å²) in [6.45, 7) is 5.29. The van der Waals surface area contributed by atoms with Gasteiger partial charge in [0.15, 0.2) is 10.8 Å². The molecule has 5 rings (SSSR count). The van der Waals surface area contributed by atoms with Gasteiger partial charge in [0.1, 0.15) is 17.9 Å². The van der Waals surface area contributed by atoms with Crippen LogP contribution in [0.25, 0.3) is 0 Å². The Labute approximate surface area is 262 Å². The topological polar surface area (TPSA) is 128 Å². The monoisotopic (exact) mass is 648 g/mol. The highest BCUT2D eigenvalue weighted by atomic mass is 32.1. The molecule has 1 aromatic carbocycles. The standard InChI is InChI=1S/C30H35F3N6O5S/c1-5-44-27(41)22-20(35-25(26-34-10-12-45-26)36-23(22)18-7-6-8-19(31)17(18)2)13-37-15-30(32,33)24-21(37)14-38(16-40)39(24)11-9-29(3,4)28(42)43/h6-8,10,12,16,21,23-24H,5,9,11,13-15H2,1-4H3,(H,35,36)(H,42,43)/t21-,23-,24+/m0/s1. The number of benzene rings is 1. The molecule has 15 heteroatoms. The Morgan fingerprint density at radius 2 is 2.07 bits per heavy atom. The van der Waals surface area contributed by atoms with E-state index in [9.17, 15) is 23.9 Å². The third kappa shape index (κ3) is 6.20. The molecule has 2 N–H and O–H groups in total. The van der Waals surface area contributed by atoms with Crippen molar-refractivity contribution in [2.75, 3.05) is 32.8 Å². The summed E-state index contributed by atoms with van der Waals surface area (Å²) >= 11 is 1.28. The van der Waals surface area contributed by atoms with Crippen LogP contribution in [0.1, 0.15) is 49.4 Å². The number of aliphatic carboxylic acids is 1. The Kier molecular flexibility index (Phi) is 9.06. The number of amidine groups is 1. The molecule has 11 nitrogen and oxygen atoms in total. The Morgan fingerprint density at radius 3 is 2.71 bits per heavy atom. The van der Waals surface area contributed by atoms with Crippen LogP contribution in [-0.4, -0.2) is 100.0 Å². The van der Waals surface area contributed by atoms with E-state index in [1.807, 2.05) is 0 Å². The van der Waals surface area contributed by atoms with Crippen LogP contribution in [0, 0.1) is 18.2 Å². The van der Waals surface area contributed by atoms with Crippen molar-refractivity contribution in [2.24, 2.45) is 10.4 Å². The van der Waals surface area contributed by atoms with Gasteiger partial charge in [-0.15, -0.1) is 11.3 Å². The lowest BCUT2D eigenvalue weighted by Gasteiger charge is -2.33. The highest BCUT2D eigenvalue weighted by Gasteiger charge is 2.62. The highest BCUT2D eigenvalue weighted by molar-refractivity contribution is 7.11. The zero-order valence-corrected chi connectivity index (χ0v) is 26.1. The van der Waals surface area contributed by atoms with Gasteiger partial charge in [-0.3, -0.25) is 24.5 Å². The fourth-order valence-electron chi connectivity index (χ4n) is 6.06. The van der Waals surface area contributed by atoms with Crippen molar-refractivity contribution in [3.63, 3.8) is 0 Å². The summed E-state index contributed by atoms with van der Waals surface area (Å²) in [6, 6.07) is 1.21. The first-order valence-corrected chi connectivity index (χ1v) is 15.4. The third-order valence-corrected chi connectivity index (χ3v) is 9.37. The molecule has 1 aromatic heterocycles. The Morgan fingerprint density at radius 1 is 1.31 bits per heavy atom. The lowest BCUT2D eigenvalue weighted by Crippen LogP contribution is -2.50. The number of amides is 1. The lowest BCUT2D eigenvalue weighted by molar-refractivity contribution is -0.151. The SMILES string of the molecule is CCOC(=O)C1=C(CN2CC(F)(F)[C@H]3[C@@H]2CN(C=O)N3CCC(C)(C)C(=O)O)NC(c2nccs2)=N[C@H]1c1cccc(F)c1C. The van der Waals surface area contributed by atoms with Crippen molar-refractivity contribution in [2.45, 2.75) is 58.2 Å². The van der Waals surface area contributed by atoms with Crippen LogP contribution < -0.4 is 5.32 Å². The van der Waals surface area contributed by atoms with Crippen LogP contribution >= 0.6 is 11.3 Å². The highest BCUT2D eigenvalue weighted by Crippen LogP contribution is 2.43. The number of carboxylic acids is 1. The smallest absolute Gasteiger partial charge is 0.338 e. The Bertz CT molecular complexity index is 1530. The van der Waals surface area contributed by atoms with Crippen molar-refractivity contribution in [3.05, 3.63) is 63.0 Å². The predicted octanol–water partition coefficient (Wildman–Crippen LogP) is 3.38. The van der Waals surface area contributed by atoms with Crippen molar-refractivity contribution in [1.82, 2.24) is 25.2 Å². The first kappa shape index (κ1) is 32.6. The quantitative estimate of drug-likeness (QED) is 0.279. The van der Waals surface area contributed by atoms with Gasteiger partial charge < -0.3 is 15.2 Å². The average molecular weight is 649 g/mol. The van der Waals surface area contributed by atoms with Crippen LogP contribution in [0.4, 0.5) is 13.2 Å². The van der Waals surface area contributed by atoms with Crippen LogP contribution in [0.15, 0.2) is 46.0 Å². The molecule has 45 heavy (non-hydrogen) atoms. The van der Waals surface area contributed by atoms with Gasteiger partial charge in [-0.2, -0.15) is 0 Å². The minimum atomic E-state index is -3.28. The first-order chi connectivity index (χ1) is 21.3. The van der Waals surface area contributed by atoms with E-state index in [0.29, 0.717) is 22.8 Å². The largest absolute Gasteiger partial charge is 0.481 e. The number of alkyl halides is 2. The summed E-state index contributed by atoms with van der Waals surface area (Å²) < 4.78 is 51.8. The van der Waals surface area contributed by atoms with Crippen molar-refractivity contribution in [3.8, 4) is 0 Å². The van der Waals surface area contributed by atoms with Gasteiger partial charge in [0, 0.05) is 30.4 Å². The maximum absolute atomic E-state index is 15.8. The van der Waals surface area contributed by atoms with E-state index in [-0.39, 0.29) is 49.5 Å². The van der Waals surface area contributed by atoms with Crippen molar-refractivity contribution in [1.29, 1.82) is 0 Å². The molecule has 0 unspecified atom stereocenters. The van der Waals surface area contributed by atoms with E-state index >= 15 is 8.78 Å². The number of carbonyl (C=O) groups excluding carboxylic acids is 2. The predicted molar refractivity (Wildman–Crippen MR) is 159 cm³/mol. The molecular formula is C30H35F3N6O5S. The van der Waals surface area contributed by atoms with Crippen LogP contribution in [-0.2, 0) is 19.1 Å². The summed E-state index contributed by atoms with van der Waals surface area (Å²) in [4.78, 5) is 47.8. The maximum Gasteiger partial charge on any atom is 0.338 e. The number of hydrogen-bond donors (Lipinski definition) is 2. The number of aliphatic imine (C=N–C) groups is 1. The molecule has 2 saturated heterocycles. The van der Waals surface area contributed by atoms with E-state index in [1.165, 1.54) is 52.2 Å². The van der Waals surface area contributed by atoms with Gasteiger partial charge in [-0.05, 0) is 51.3 Å². The summed E-state index contributed by atoms with van der Waals surface area (Å²) in [5.74, 6) is -5.27. The van der Waals surface area contributed by atoms with Gasteiger partial charge in [0.2, 0.25) is 6.41 Å². The number of esters is 1. The number of rotatable bonds is 11. The molecule has 3 atom stereocenters. The van der Waals surface area contributed by atoms with Gasteiger partial charge in [0.05, 0.1) is 36.7 Å². The zero-order valence-electron chi connectivity index (χ0n) is 25.3. The number of likely N-dealkylation sites (tertiary alicyclic amines) is 1. The number of carboxylic acid groups (broad SMARTS) is 1. The van der Waals surface area contributed by atoms with Gasteiger partial charge in [0.25, 0.3) is 5.92 Å². The van der Waals surface area contributed by atoms with E-state index in [4.69, 9.17) is 9.73 Å². The number of hydrogen-bond acceptors (Lipinski definition) is 10. The van der Waals surface area contributed by atoms with E-state index < -0.39 is 53.8 Å². The molecule has 3 aliphatic heterocycles. The summed E-state index contributed by atoms with van der Waals surface area (Å²) in [7, 11) is 0. The molecule has 242 valence electrons. The number of aromatic nitrogens is 1. The molecule has 1 amide bonds. The normalized spacial score (nSPS) is 23.5. The summed E-state index contributed by atoms with van der Waals surface area (Å²) in [6.07, 6.45) is 2.09. The summed E-state index contributed by atoms with van der Waals surface area (Å²) in [5, 5.41) is 17.3. The molecule has 2 fully saturated rings. The average Bonchev–Trinajstić information content (AvgIpc) is 3.70. The number of nitrogens with one attached hydrogen (secondary N) is 1. The second kappa shape index (κ2) is 12.5. The number of ether oxygens (including phenoxy) is 1. The molecule has 4 heterocycles. The molecule has 0 bridgehead atoms. The van der Waals surface area contributed by atoms with Crippen molar-refractivity contribution >= 4 is 35.5 Å². The first-order valence-electron chi connectivity index (χ1n) is 14.5. The fourth-order valence-corrected chi connectivity index (χ4v) is 6.65. The molecule has 0 spiro atoms. The van der Waals surface area contributed by atoms with E-state index in [2.05, 4.69) is 10.3 Å².